The molecule has 0 aromatic heterocycles. The van der Waals surface area contributed by atoms with Crippen LogP contribution in [-0.4, -0.2) is 45.6 Å². The maximum atomic E-state index is 12.4. The number of nitrogens with one attached hydrogen (secondary N) is 1. The second-order valence-electron chi connectivity index (χ2n) is 6.49. The average Bonchev–Trinajstić information content (AvgIpc) is 2.66. The van der Waals surface area contributed by atoms with E-state index in [1.165, 1.54) is 45.5 Å². The Morgan fingerprint density at radius 1 is 1.04 bits per heavy atom. The van der Waals surface area contributed by atoms with E-state index < -0.39 is 10.0 Å². The molecule has 7 nitrogen and oxygen atoms in total. The Kier molecular flexibility index (Phi) is 6.93. The van der Waals surface area contributed by atoms with Crippen LogP contribution in [0, 0.1) is 6.92 Å². The molecule has 1 N–H and O–H groups in total. The average molecular weight is 404 g/mol. The number of rotatable bonds is 8. The summed E-state index contributed by atoms with van der Waals surface area (Å²) in [6, 6.07) is 11.2. The molecule has 0 spiro atoms. The van der Waals surface area contributed by atoms with Crippen molar-refractivity contribution in [3.63, 3.8) is 0 Å². The number of aryl methyl sites for hydroxylation is 1. The van der Waals surface area contributed by atoms with E-state index in [1.54, 1.807) is 12.1 Å². The number of ketones is 1. The number of Topliss-reactive ketones (excluding diaryl/α,β-unsaturated/α-hetero) is 1. The molecule has 0 saturated heterocycles. The van der Waals surface area contributed by atoms with Gasteiger partial charge in [-0.3, -0.25) is 9.59 Å². The number of benzene rings is 2. The van der Waals surface area contributed by atoms with E-state index in [2.05, 4.69) is 5.32 Å². The summed E-state index contributed by atoms with van der Waals surface area (Å²) in [6.07, 6.45) is 0.0480. The molecule has 0 saturated carbocycles. The van der Waals surface area contributed by atoms with E-state index in [-0.39, 0.29) is 29.4 Å². The molecule has 1 amide bonds. The standard InChI is InChI=1S/C20H24N2O5S/c1-14-5-11-19(27-4)17(13-14)18(23)10-12-20(24)21-15-6-8-16(9-7-15)28(25,26)22(2)3/h5-9,11,13H,10,12H2,1-4H3,(H,21,24). The van der Waals surface area contributed by atoms with Crippen molar-refractivity contribution in [3.8, 4) is 5.75 Å². The number of nitrogens with zero attached hydrogens (tertiary/aromatic N) is 1. The lowest BCUT2D eigenvalue weighted by atomic mass is 10.0. The molecule has 0 radical (unpaired) electrons. The summed E-state index contributed by atoms with van der Waals surface area (Å²) in [5.74, 6) is -0.0278. The van der Waals surface area contributed by atoms with Crippen molar-refractivity contribution in [2.24, 2.45) is 0 Å². The van der Waals surface area contributed by atoms with Crippen molar-refractivity contribution in [1.29, 1.82) is 0 Å². The summed E-state index contributed by atoms with van der Waals surface area (Å²) in [4.78, 5) is 24.7. The Labute approximate surface area is 165 Å². The number of ether oxygens (including phenoxy) is 1. The molecule has 0 heterocycles. The summed E-state index contributed by atoms with van der Waals surface area (Å²) in [6.45, 7) is 1.88. The molecule has 2 aromatic rings. The predicted octanol–water partition coefficient (Wildman–Crippen LogP) is 2.86. The minimum atomic E-state index is -3.52. The first-order chi connectivity index (χ1) is 13.1. The molecule has 0 fully saturated rings. The van der Waals surface area contributed by atoms with Crippen molar-refractivity contribution in [2.45, 2.75) is 24.7 Å². The lowest BCUT2D eigenvalue weighted by Crippen LogP contribution is -2.22. The Morgan fingerprint density at radius 3 is 2.25 bits per heavy atom. The van der Waals surface area contributed by atoms with E-state index >= 15 is 0 Å². The quantitative estimate of drug-likeness (QED) is 0.683. The maximum absolute atomic E-state index is 12.4. The molecule has 0 bridgehead atoms. The van der Waals surface area contributed by atoms with Crippen molar-refractivity contribution in [3.05, 3.63) is 53.6 Å². The fourth-order valence-electron chi connectivity index (χ4n) is 2.55. The van der Waals surface area contributed by atoms with Gasteiger partial charge in [0.25, 0.3) is 0 Å². The smallest absolute Gasteiger partial charge is 0.242 e. The Bertz CT molecular complexity index is 967. The first-order valence-corrected chi connectivity index (χ1v) is 10.1. The van der Waals surface area contributed by atoms with Gasteiger partial charge in [-0.15, -0.1) is 0 Å². The third-order valence-electron chi connectivity index (χ3n) is 4.15. The van der Waals surface area contributed by atoms with E-state index in [1.807, 2.05) is 13.0 Å². The van der Waals surface area contributed by atoms with Crippen LogP contribution in [0.4, 0.5) is 5.69 Å². The van der Waals surface area contributed by atoms with E-state index in [9.17, 15) is 18.0 Å². The first kappa shape index (κ1) is 21.6. The lowest BCUT2D eigenvalue weighted by molar-refractivity contribution is -0.116. The molecule has 0 unspecified atom stereocenters. The molecule has 150 valence electrons. The highest BCUT2D eigenvalue weighted by molar-refractivity contribution is 7.89. The highest BCUT2D eigenvalue weighted by Crippen LogP contribution is 2.22. The number of hydrogen-bond donors (Lipinski definition) is 1. The zero-order chi connectivity index (χ0) is 20.9. The fraction of sp³-hybridized carbons (Fsp3) is 0.300. The van der Waals surface area contributed by atoms with Gasteiger partial charge in [-0.25, -0.2) is 12.7 Å². The van der Waals surface area contributed by atoms with E-state index in [0.29, 0.717) is 17.0 Å². The van der Waals surface area contributed by atoms with Crippen molar-refractivity contribution >= 4 is 27.4 Å². The van der Waals surface area contributed by atoms with Crippen molar-refractivity contribution in [2.75, 3.05) is 26.5 Å². The zero-order valence-electron chi connectivity index (χ0n) is 16.4. The number of anilines is 1. The van der Waals surface area contributed by atoms with Crippen LogP contribution in [-0.2, 0) is 14.8 Å². The number of methoxy groups -OCH3 is 1. The molecular formula is C20H24N2O5S. The summed E-state index contributed by atoms with van der Waals surface area (Å²) < 4.78 is 30.4. The van der Waals surface area contributed by atoms with Crippen LogP contribution < -0.4 is 10.1 Å². The van der Waals surface area contributed by atoms with Gasteiger partial charge in [0.05, 0.1) is 17.6 Å². The lowest BCUT2D eigenvalue weighted by Gasteiger charge is -2.12. The number of carbonyl (C=O) groups excluding carboxylic acids is 2. The van der Waals surface area contributed by atoms with Gasteiger partial charge in [0.1, 0.15) is 5.75 Å². The summed E-state index contributed by atoms with van der Waals surface area (Å²) >= 11 is 0. The molecule has 2 rings (SSSR count). The molecule has 8 heteroatoms. The van der Waals surface area contributed by atoms with Crippen LogP contribution in [0.15, 0.2) is 47.4 Å². The number of sulfonamides is 1. The van der Waals surface area contributed by atoms with Crippen LogP contribution in [0.25, 0.3) is 0 Å². The van der Waals surface area contributed by atoms with Crippen LogP contribution in [0.3, 0.4) is 0 Å². The highest BCUT2D eigenvalue weighted by Gasteiger charge is 2.17. The van der Waals surface area contributed by atoms with Crippen LogP contribution in [0.1, 0.15) is 28.8 Å². The topological polar surface area (TPSA) is 92.8 Å². The van der Waals surface area contributed by atoms with Gasteiger partial charge >= 0.3 is 0 Å². The Balaban J connectivity index is 1.98. The molecule has 0 atom stereocenters. The second kappa shape index (κ2) is 8.99. The molecule has 0 aliphatic heterocycles. The van der Waals surface area contributed by atoms with Crippen molar-refractivity contribution in [1.82, 2.24) is 4.31 Å². The third-order valence-corrected chi connectivity index (χ3v) is 5.98. The van der Waals surface area contributed by atoms with Crippen molar-refractivity contribution < 1.29 is 22.7 Å². The minimum Gasteiger partial charge on any atom is -0.496 e. The zero-order valence-corrected chi connectivity index (χ0v) is 17.2. The highest BCUT2D eigenvalue weighted by atomic mass is 32.2. The summed E-state index contributed by atoms with van der Waals surface area (Å²) in [5.41, 5.74) is 1.85. The Morgan fingerprint density at radius 2 is 1.68 bits per heavy atom. The van der Waals surface area contributed by atoms with Crippen LogP contribution in [0.5, 0.6) is 5.75 Å². The second-order valence-corrected chi connectivity index (χ2v) is 8.64. The minimum absolute atomic E-state index is 0.00762. The SMILES string of the molecule is COc1ccc(C)cc1C(=O)CCC(=O)Nc1ccc(S(=O)(=O)N(C)C)cc1. The van der Waals surface area contributed by atoms with Gasteiger partial charge in [-0.05, 0) is 43.3 Å². The third kappa shape index (κ3) is 5.17. The largest absolute Gasteiger partial charge is 0.496 e. The van der Waals surface area contributed by atoms with Gasteiger partial charge in [-0.1, -0.05) is 11.6 Å². The van der Waals surface area contributed by atoms with Crippen LogP contribution >= 0.6 is 0 Å². The Hall–Kier alpha value is -2.71. The van der Waals surface area contributed by atoms with Gasteiger partial charge < -0.3 is 10.1 Å². The number of carbonyl (C=O) groups is 2. The van der Waals surface area contributed by atoms with Gasteiger partial charge in [0.2, 0.25) is 15.9 Å². The predicted molar refractivity (Wildman–Crippen MR) is 107 cm³/mol. The normalized spacial score (nSPS) is 11.3. The summed E-state index contributed by atoms with van der Waals surface area (Å²) in [7, 11) is 0.873. The number of hydrogen-bond acceptors (Lipinski definition) is 5. The molecular weight excluding hydrogens is 380 g/mol. The fourth-order valence-corrected chi connectivity index (χ4v) is 3.45. The molecule has 2 aromatic carbocycles. The molecule has 0 aliphatic carbocycles. The molecule has 28 heavy (non-hydrogen) atoms. The van der Waals surface area contributed by atoms with E-state index in [0.717, 1.165) is 9.87 Å². The number of amides is 1. The van der Waals surface area contributed by atoms with Gasteiger partial charge in [0, 0.05) is 32.6 Å². The van der Waals surface area contributed by atoms with Gasteiger partial charge in [-0.2, -0.15) is 0 Å². The first-order valence-electron chi connectivity index (χ1n) is 8.65. The monoisotopic (exact) mass is 404 g/mol. The van der Waals surface area contributed by atoms with Crippen LogP contribution in [0.2, 0.25) is 0 Å². The molecule has 0 aliphatic rings. The van der Waals surface area contributed by atoms with Gasteiger partial charge in [0.15, 0.2) is 5.78 Å². The summed E-state index contributed by atoms with van der Waals surface area (Å²) in [5, 5.41) is 2.67. The maximum Gasteiger partial charge on any atom is 0.242 e. The van der Waals surface area contributed by atoms with E-state index in [4.69, 9.17) is 4.74 Å².